The van der Waals surface area contributed by atoms with Crippen LogP contribution in [0.3, 0.4) is 0 Å². The molecular weight excluding hydrogens is 319 g/mol. The Morgan fingerprint density at radius 1 is 1.20 bits per heavy atom. The first-order chi connectivity index (χ1) is 9.61. The molecule has 2 rings (SSSR count). The molecule has 2 aromatic carbocycles. The van der Waals surface area contributed by atoms with E-state index in [0.717, 1.165) is 25.2 Å². The largest absolute Gasteiger partial charge is 0.397 e. The van der Waals surface area contributed by atoms with Crippen molar-refractivity contribution in [2.75, 3.05) is 17.2 Å². The van der Waals surface area contributed by atoms with Gasteiger partial charge in [-0.25, -0.2) is 4.39 Å². The van der Waals surface area contributed by atoms with Gasteiger partial charge in [-0.1, -0.05) is 37.3 Å². The summed E-state index contributed by atoms with van der Waals surface area (Å²) in [5, 5.41) is 0. The molecule has 0 bridgehead atoms. The van der Waals surface area contributed by atoms with E-state index in [1.54, 1.807) is 6.07 Å². The van der Waals surface area contributed by atoms with Crippen LogP contribution in [-0.2, 0) is 6.54 Å². The van der Waals surface area contributed by atoms with E-state index < -0.39 is 0 Å². The monoisotopic (exact) mass is 336 g/mol. The fourth-order valence-electron chi connectivity index (χ4n) is 2.18. The number of rotatable bonds is 5. The molecule has 106 valence electrons. The summed E-state index contributed by atoms with van der Waals surface area (Å²) < 4.78 is 13.9. The third-order valence-corrected chi connectivity index (χ3v) is 3.73. The first kappa shape index (κ1) is 14.9. The normalized spacial score (nSPS) is 10.6. The average Bonchev–Trinajstić information content (AvgIpc) is 2.44. The van der Waals surface area contributed by atoms with Crippen molar-refractivity contribution in [2.24, 2.45) is 0 Å². The maximum Gasteiger partial charge on any atom is 0.139 e. The minimum atomic E-state index is -0.331. The second-order valence-electron chi connectivity index (χ2n) is 4.73. The number of anilines is 2. The maximum absolute atomic E-state index is 13.5. The second kappa shape index (κ2) is 6.75. The molecule has 0 unspecified atom stereocenters. The van der Waals surface area contributed by atoms with E-state index in [0.29, 0.717) is 10.2 Å². The Hall–Kier alpha value is -1.55. The summed E-state index contributed by atoms with van der Waals surface area (Å²) in [4.78, 5) is 2.18. The van der Waals surface area contributed by atoms with Crippen LogP contribution in [0.2, 0.25) is 0 Å². The summed E-state index contributed by atoms with van der Waals surface area (Å²) in [6.07, 6.45) is 1.00. The van der Waals surface area contributed by atoms with Gasteiger partial charge in [-0.15, -0.1) is 0 Å². The fourth-order valence-corrected chi connectivity index (χ4v) is 2.52. The first-order valence-corrected chi connectivity index (χ1v) is 7.44. The molecule has 2 aromatic rings. The Kier molecular flexibility index (Phi) is 5.01. The topological polar surface area (TPSA) is 29.3 Å². The van der Waals surface area contributed by atoms with Gasteiger partial charge in [0.05, 0.1) is 15.8 Å². The van der Waals surface area contributed by atoms with Crippen LogP contribution in [0.1, 0.15) is 18.9 Å². The van der Waals surface area contributed by atoms with E-state index in [1.165, 1.54) is 11.6 Å². The summed E-state index contributed by atoms with van der Waals surface area (Å²) in [7, 11) is 0. The summed E-state index contributed by atoms with van der Waals surface area (Å²) in [5.74, 6) is -0.331. The molecule has 0 aliphatic heterocycles. The Morgan fingerprint density at radius 3 is 2.55 bits per heavy atom. The average molecular weight is 337 g/mol. The number of benzene rings is 2. The van der Waals surface area contributed by atoms with Gasteiger partial charge in [0.1, 0.15) is 5.82 Å². The van der Waals surface area contributed by atoms with Gasteiger partial charge in [0.2, 0.25) is 0 Å². The third kappa shape index (κ3) is 3.51. The number of hydrogen-bond donors (Lipinski definition) is 1. The van der Waals surface area contributed by atoms with Gasteiger partial charge in [0.15, 0.2) is 0 Å². The maximum atomic E-state index is 13.5. The SMILES string of the molecule is CCCN(Cc1ccccc1)c1cc(Br)c(F)cc1N. The van der Waals surface area contributed by atoms with Crippen LogP contribution < -0.4 is 10.6 Å². The summed E-state index contributed by atoms with van der Waals surface area (Å²) in [5.41, 5.74) is 8.51. The van der Waals surface area contributed by atoms with Crippen molar-refractivity contribution in [3.05, 3.63) is 58.3 Å². The quantitative estimate of drug-likeness (QED) is 0.809. The van der Waals surface area contributed by atoms with E-state index in [-0.39, 0.29) is 5.82 Å². The van der Waals surface area contributed by atoms with E-state index in [9.17, 15) is 4.39 Å². The van der Waals surface area contributed by atoms with Crippen LogP contribution in [-0.4, -0.2) is 6.54 Å². The van der Waals surface area contributed by atoms with Crippen molar-refractivity contribution in [1.29, 1.82) is 0 Å². The lowest BCUT2D eigenvalue weighted by molar-refractivity contribution is 0.621. The number of nitrogens with two attached hydrogens (primary N) is 1. The highest BCUT2D eigenvalue weighted by Crippen LogP contribution is 2.30. The van der Waals surface area contributed by atoms with Gasteiger partial charge in [0.25, 0.3) is 0 Å². The molecule has 0 saturated carbocycles. The first-order valence-electron chi connectivity index (χ1n) is 6.65. The molecule has 2 nitrogen and oxygen atoms in total. The van der Waals surface area contributed by atoms with Crippen LogP contribution in [0.5, 0.6) is 0 Å². The molecule has 0 fully saturated rings. The minimum Gasteiger partial charge on any atom is -0.397 e. The number of nitrogen functional groups attached to an aromatic ring is 1. The van der Waals surface area contributed by atoms with Gasteiger partial charge in [-0.05, 0) is 34.0 Å². The molecule has 0 radical (unpaired) electrons. The second-order valence-corrected chi connectivity index (χ2v) is 5.59. The molecule has 0 saturated heterocycles. The van der Waals surface area contributed by atoms with E-state index >= 15 is 0 Å². The highest BCUT2D eigenvalue weighted by Gasteiger charge is 2.13. The van der Waals surface area contributed by atoms with Crippen LogP contribution in [0.4, 0.5) is 15.8 Å². The van der Waals surface area contributed by atoms with Gasteiger partial charge in [-0.2, -0.15) is 0 Å². The molecule has 0 aromatic heterocycles. The standard InChI is InChI=1S/C16H18BrFN2/c1-2-8-20(11-12-6-4-3-5-7-12)16-9-13(17)14(18)10-15(16)19/h3-7,9-10H,2,8,11,19H2,1H3. The molecular formula is C16H18BrFN2. The number of halogens is 2. The molecule has 0 spiro atoms. The van der Waals surface area contributed by atoms with E-state index in [2.05, 4.69) is 39.9 Å². The Labute approximate surface area is 127 Å². The lowest BCUT2D eigenvalue weighted by Gasteiger charge is -2.26. The third-order valence-electron chi connectivity index (χ3n) is 3.12. The zero-order chi connectivity index (χ0) is 14.5. The lowest BCUT2D eigenvalue weighted by atomic mass is 10.1. The van der Waals surface area contributed by atoms with Crippen LogP contribution in [0.25, 0.3) is 0 Å². The highest BCUT2D eigenvalue weighted by atomic mass is 79.9. The van der Waals surface area contributed by atoms with Crippen molar-refractivity contribution in [1.82, 2.24) is 0 Å². The zero-order valence-corrected chi connectivity index (χ0v) is 13.0. The van der Waals surface area contributed by atoms with Crippen molar-refractivity contribution < 1.29 is 4.39 Å². The predicted molar refractivity (Wildman–Crippen MR) is 86.3 cm³/mol. The molecule has 0 aliphatic carbocycles. The summed E-state index contributed by atoms with van der Waals surface area (Å²) in [6.45, 7) is 3.75. The van der Waals surface area contributed by atoms with Gasteiger partial charge in [0, 0.05) is 19.2 Å². The van der Waals surface area contributed by atoms with Crippen molar-refractivity contribution in [2.45, 2.75) is 19.9 Å². The predicted octanol–water partition coefficient (Wildman–Crippen LogP) is 4.59. The van der Waals surface area contributed by atoms with Crippen LogP contribution in [0.15, 0.2) is 46.9 Å². The highest BCUT2D eigenvalue weighted by molar-refractivity contribution is 9.10. The van der Waals surface area contributed by atoms with E-state index in [4.69, 9.17) is 5.73 Å². The summed E-state index contributed by atoms with van der Waals surface area (Å²) >= 11 is 3.23. The lowest BCUT2D eigenvalue weighted by Crippen LogP contribution is -2.24. The molecule has 0 aliphatic rings. The summed E-state index contributed by atoms with van der Waals surface area (Å²) in [6, 6.07) is 13.3. The molecule has 0 amide bonds. The number of nitrogens with zero attached hydrogens (tertiary/aromatic N) is 1. The zero-order valence-electron chi connectivity index (χ0n) is 11.4. The molecule has 0 heterocycles. The minimum absolute atomic E-state index is 0.331. The Bertz CT molecular complexity index is 572. The molecule has 0 atom stereocenters. The smallest absolute Gasteiger partial charge is 0.139 e. The van der Waals surface area contributed by atoms with Crippen LogP contribution >= 0.6 is 15.9 Å². The Balaban J connectivity index is 2.31. The van der Waals surface area contributed by atoms with Gasteiger partial charge in [-0.3, -0.25) is 0 Å². The van der Waals surface area contributed by atoms with Crippen molar-refractivity contribution >= 4 is 27.3 Å². The fraction of sp³-hybridized carbons (Fsp3) is 0.250. The van der Waals surface area contributed by atoms with E-state index in [1.807, 2.05) is 18.2 Å². The molecule has 2 N–H and O–H groups in total. The van der Waals surface area contributed by atoms with Gasteiger partial charge < -0.3 is 10.6 Å². The van der Waals surface area contributed by atoms with Crippen molar-refractivity contribution in [3.63, 3.8) is 0 Å². The van der Waals surface area contributed by atoms with Crippen LogP contribution in [0, 0.1) is 5.82 Å². The van der Waals surface area contributed by atoms with Gasteiger partial charge >= 0.3 is 0 Å². The molecule has 4 heteroatoms. The van der Waals surface area contributed by atoms with Crippen molar-refractivity contribution in [3.8, 4) is 0 Å². The Morgan fingerprint density at radius 2 is 1.90 bits per heavy atom. The molecule has 20 heavy (non-hydrogen) atoms. The number of hydrogen-bond acceptors (Lipinski definition) is 2.